The first-order valence-electron chi connectivity index (χ1n) is 10.5. The van der Waals surface area contributed by atoms with Crippen LogP contribution < -0.4 is 9.64 Å². The Labute approximate surface area is 175 Å². The molecule has 0 spiro atoms. The molecule has 0 radical (unpaired) electrons. The largest absolute Gasteiger partial charge is 0.612 e. The smallest absolute Gasteiger partial charge is 0.266 e. The Bertz CT molecular complexity index is 787. The normalized spacial score (nSPS) is 23.4. The van der Waals surface area contributed by atoms with Crippen LogP contribution in [0.2, 0.25) is 0 Å². The second kappa shape index (κ2) is 8.92. The van der Waals surface area contributed by atoms with Crippen molar-refractivity contribution in [2.45, 2.75) is 50.3 Å². The second-order valence-corrected chi connectivity index (χ2v) is 9.87. The van der Waals surface area contributed by atoms with Crippen LogP contribution in [0, 0.1) is 17.8 Å². The summed E-state index contributed by atoms with van der Waals surface area (Å²) in [6, 6.07) is 3.62. The van der Waals surface area contributed by atoms with Crippen molar-refractivity contribution in [3.05, 3.63) is 24.2 Å². The van der Waals surface area contributed by atoms with Gasteiger partial charge in [0.1, 0.15) is 6.26 Å². The lowest BCUT2D eigenvalue weighted by Crippen LogP contribution is -2.35. The average molecular weight is 419 g/mol. The van der Waals surface area contributed by atoms with Gasteiger partial charge in [-0.05, 0) is 59.8 Å². The van der Waals surface area contributed by atoms with Crippen molar-refractivity contribution in [3.8, 4) is 5.88 Å². The van der Waals surface area contributed by atoms with E-state index in [1.807, 2.05) is 6.07 Å². The van der Waals surface area contributed by atoms with Gasteiger partial charge >= 0.3 is 0 Å². The standard InChI is InChI=1S/C21H30N4O3S/c1-14(2)20-23-21(24-28-20)25-9-6-15(7-10-25)18-12-16(18)8-11-27-19-5-4-17(13-22-19)29(3)26/h4-5,13-16,18H,6-12H2,1-3H3. The predicted molar refractivity (Wildman–Crippen MR) is 112 cm³/mol. The minimum absolute atomic E-state index is 0.270. The molecule has 0 amide bonds. The molecule has 1 aliphatic heterocycles. The molecule has 2 fully saturated rings. The van der Waals surface area contributed by atoms with E-state index in [-0.39, 0.29) is 5.92 Å². The van der Waals surface area contributed by atoms with E-state index in [0.717, 1.165) is 54.0 Å². The summed E-state index contributed by atoms with van der Waals surface area (Å²) < 4.78 is 22.5. The zero-order valence-electron chi connectivity index (χ0n) is 17.4. The van der Waals surface area contributed by atoms with Gasteiger partial charge in [-0.2, -0.15) is 4.98 Å². The first-order chi connectivity index (χ1) is 14.0. The molecular formula is C21H30N4O3S. The molecule has 1 saturated carbocycles. The van der Waals surface area contributed by atoms with E-state index in [1.54, 1.807) is 18.5 Å². The van der Waals surface area contributed by atoms with E-state index in [2.05, 4.69) is 33.9 Å². The van der Waals surface area contributed by atoms with Crippen molar-refractivity contribution in [2.75, 3.05) is 30.9 Å². The molecule has 29 heavy (non-hydrogen) atoms. The highest BCUT2D eigenvalue weighted by Crippen LogP contribution is 2.49. The molecule has 3 heterocycles. The summed E-state index contributed by atoms with van der Waals surface area (Å²) in [5, 5.41) is 4.15. The molecule has 4 rings (SSSR count). The first-order valence-corrected chi connectivity index (χ1v) is 12.1. The van der Waals surface area contributed by atoms with Gasteiger partial charge in [0.15, 0.2) is 4.90 Å². The molecule has 3 atom stereocenters. The Hall–Kier alpha value is -1.80. The summed E-state index contributed by atoms with van der Waals surface area (Å²) in [5.41, 5.74) is 0. The van der Waals surface area contributed by atoms with E-state index < -0.39 is 11.2 Å². The number of anilines is 1. The predicted octanol–water partition coefficient (Wildman–Crippen LogP) is 3.65. The number of nitrogens with zero attached hydrogens (tertiary/aromatic N) is 4. The lowest BCUT2D eigenvalue weighted by atomic mass is 9.90. The third kappa shape index (κ3) is 5.04. The summed E-state index contributed by atoms with van der Waals surface area (Å²) in [6.45, 7) is 6.85. The number of pyridine rings is 1. The first kappa shape index (κ1) is 20.5. The number of piperidine rings is 1. The number of ether oxygens (including phenoxy) is 1. The van der Waals surface area contributed by atoms with Crippen molar-refractivity contribution in [3.63, 3.8) is 0 Å². The Balaban J connectivity index is 1.16. The summed E-state index contributed by atoms with van der Waals surface area (Å²) in [5.74, 6) is 4.75. The SMILES string of the molecule is CC(C)c1nc(N2CCC(C3CC3CCOc3ccc([S+](C)[O-])cn3)CC2)no1. The van der Waals surface area contributed by atoms with Crippen LogP contribution in [0.4, 0.5) is 5.95 Å². The minimum atomic E-state index is -0.999. The lowest BCUT2D eigenvalue weighted by Gasteiger charge is -2.31. The highest BCUT2D eigenvalue weighted by atomic mass is 32.2. The topological polar surface area (TPSA) is 87.3 Å². The zero-order valence-corrected chi connectivity index (χ0v) is 18.2. The summed E-state index contributed by atoms with van der Waals surface area (Å²) in [4.78, 5) is 11.7. The van der Waals surface area contributed by atoms with Crippen molar-refractivity contribution >= 4 is 17.1 Å². The van der Waals surface area contributed by atoms with Crippen LogP contribution in [-0.2, 0) is 11.2 Å². The van der Waals surface area contributed by atoms with Crippen LogP contribution in [0.3, 0.4) is 0 Å². The molecule has 158 valence electrons. The van der Waals surface area contributed by atoms with E-state index in [4.69, 9.17) is 9.26 Å². The lowest BCUT2D eigenvalue weighted by molar-refractivity contribution is 0.275. The molecule has 8 heteroatoms. The molecule has 0 bridgehead atoms. The summed E-state index contributed by atoms with van der Waals surface area (Å²) in [7, 11) is 0. The van der Waals surface area contributed by atoms with Gasteiger partial charge in [-0.15, -0.1) is 0 Å². The molecule has 0 aromatic carbocycles. The summed E-state index contributed by atoms with van der Waals surface area (Å²) >= 11 is -0.999. The molecular weight excluding hydrogens is 388 g/mol. The van der Waals surface area contributed by atoms with Crippen LogP contribution in [0.5, 0.6) is 5.88 Å². The Morgan fingerprint density at radius 1 is 1.31 bits per heavy atom. The molecule has 2 aliphatic rings. The monoisotopic (exact) mass is 418 g/mol. The van der Waals surface area contributed by atoms with Gasteiger partial charge in [-0.1, -0.05) is 13.8 Å². The number of rotatable bonds is 8. The van der Waals surface area contributed by atoms with E-state index in [1.165, 1.54) is 19.3 Å². The molecule has 3 unspecified atom stereocenters. The van der Waals surface area contributed by atoms with Gasteiger partial charge in [0, 0.05) is 31.1 Å². The highest BCUT2D eigenvalue weighted by molar-refractivity contribution is 7.90. The number of aromatic nitrogens is 3. The van der Waals surface area contributed by atoms with Gasteiger partial charge in [0.2, 0.25) is 11.8 Å². The maximum Gasteiger partial charge on any atom is 0.266 e. The highest BCUT2D eigenvalue weighted by Gasteiger charge is 2.43. The fourth-order valence-corrected chi connectivity index (χ4v) is 4.70. The molecule has 2 aromatic rings. The van der Waals surface area contributed by atoms with Crippen LogP contribution in [-0.4, -0.2) is 45.6 Å². The maximum absolute atomic E-state index is 11.4. The van der Waals surface area contributed by atoms with E-state index in [0.29, 0.717) is 12.5 Å². The molecule has 1 saturated heterocycles. The Morgan fingerprint density at radius 2 is 2.10 bits per heavy atom. The quantitative estimate of drug-likeness (QED) is 0.605. The second-order valence-electron chi connectivity index (χ2n) is 8.49. The molecule has 2 aromatic heterocycles. The van der Waals surface area contributed by atoms with Crippen LogP contribution in [0.15, 0.2) is 27.7 Å². The molecule has 1 aliphatic carbocycles. The third-order valence-electron chi connectivity index (χ3n) is 6.11. The third-order valence-corrected chi connectivity index (χ3v) is 7.02. The fourth-order valence-electron chi connectivity index (χ4n) is 4.23. The average Bonchev–Trinajstić information content (AvgIpc) is 3.31. The van der Waals surface area contributed by atoms with Gasteiger partial charge in [0.05, 0.1) is 12.8 Å². The Morgan fingerprint density at radius 3 is 2.72 bits per heavy atom. The summed E-state index contributed by atoms with van der Waals surface area (Å²) in [6.07, 6.45) is 8.08. The van der Waals surface area contributed by atoms with Crippen LogP contribution >= 0.6 is 0 Å². The van der Waals surface area contributed by atoms with Crippen LogP contribution in [0.25, 0.3) is 0 Å². The minimum Gasteiger partial charge on any atom is -0.612 e. The van der Waals surface area contributed by atoms with E-state index >= 15 is 0 Å². The zero-order chi connectivity index (χ0) is 20.4. The number of hydrogen-bond donors (Lipinski definition) is 0. The van der Waals surface area contributed by atoms with Crippen molar-refractivity contribution in [1.29, 1.82) is 0 Å². The van der Waals surface area contributed by atoms with Gasteiger partial charge < -0.3 is 18.7 Å². The van der Waals surface area contributed by atoms with Crippen LogP contribution in [0.1, 0.15) is 51.3 Å². The maximum atomic E-state index is 11.4. The van der Waals surface area contributed by atoms with Gasteiger partial charge in [-0.25, -0.2) is 4.98 Å². The fraction of sp³-hybridized carbons (Fsp3) is 0.667. The van der Waals surface area contributed by atoms with Gasteiger partial charge in [0.25, 0.3) is 5.95 Å². The van der Waals surface area contributed by atoms with Crippen molar-refractivity contribution < 1.29 is 13.8 Å². The van der Waals surface area contributed by atoms with Crippen molar-refractivity contribution in [2.24, 2.45) is 17.8 Å². The molecule has 7 nitrogen and oxygen atoms in total. The Kier molecular flexibility index (Phi) is 6.29. The number of hydrogen-bond acceptors (Lipinski definition) is 7. The van der Waals surface area contributed by atoms with Crippen molar-refractivity contribution in [1.82, 2.24) is 15.1 Å². The van der Waals surface area contributed by atoms with Gasteiger partial charge in [-0.3, -0.25) is 0 Å². The van der Waals surface area contributed by atoms with E-state index in [9.17, 15) is 4.55 Å². The molecule has 0 N–H and O–H groups in total.